The maximum absolute atomic E-state index is 12.2. The van der Waals surface area contributed by atoms with Crippen LogP contribution in [0.5, 0.6) is 5.75 Å². The van der Waals surface area contributed by atoms with E-state index >= 15 is 0 Å². The van der Waals surface area contributed by atoms with Crippen LogP contribution in [0.4, 0.5) is 0 Å². The molecule has 30 heavy (non-hydrogen) atoms. The Bertz CT molecular complexity index is 1200. The molecular weight excluding hydrogens is 400 g/mol. The number of amides is 1. The van der Waals surface area contributed by atoms with E-state index in [1.54, 1.807) is 6.07 Å². The Morgan fingerprint density at radius 2 is 1.87 bits per heavy atom. The van der Waals surface area contributed by atoms with Crippen molar-refractivity contribution in [1.82, 2.24) is 4.98 Å². The Hall–Kier alpha value is -2.80. The van der Waals surface area contributed by atoms with Gasteiger partial charge in [0.1, 0.15) is 15.6 Å². The van der Waals surface area contributed by atoms with Crippen LogP contribution < -0.4 is 10.5 Å². The van der Waals surface area contributed by atoms with Crippen LogP contribution >= 0.6 is 0 Å². The van der Waals surface area contributed by atoms with Crippen molar-refractivity contribution in [3.8, 4) is 16.9 Å². The number of aromatic amines is 1. The molecule has 0 atom stereocenters. The third-order valence-electron chi connectivity index (χ3n) is 5.62. The summed E-state index contributed by atoms with van der Waals surface area (Å²) in [4.78, 5) is 15.4. The fourth-order valence-corrected chi connectivity index (χ4v) is 5.67. The number of benzene rings is 2. The number of carbonyl (C=O) groups is 1. The Morgan fingerprint density at radius 1 is 1.13 bits per heavy atom. The number of aromatic nitrogens is 1. The van der Waals surface area contributed by atoms with Gasteiger partial charge < -0.3 is 15.5 Å². The molecule has 0 saturated carbocycles. The molecule has 1 aliphatic heterocycles. The van der Waals surface area contributed by atoms with Gasteiger partial charge in [-0.3, -0.25) is 4.79 Å². The summed E-state index contributed by atoms with van der Waals surface area (Å²) in [6.07, 6.45) is 3.12. The predicted molar refractivity (Wildman–Crippen MR) is 119 cm³/mol. The highest BCUT2D eigenvalue weighted by Gasteiger charge is 2.27. The predicted octanol–water partition coefficient (Wildman–Crippen LogP) is 4.01. The van der Waals surface area contributed by atoms with Gasteiger partial charge in [-0.1, -0.05) is 12.1 Å². The first-order valence-electron chi connectivity index (χ1n) is 10.2. The van der Waals surface area contributed by atoms with Crippen LogP contribution in [0.3, 0.4) is 0 Å². The summed E-state index contributed by atoms with van der Waals surface area (Å²) in [6, 6.07) is 11.6. The molecule has 1 amide bonds. The number of nitrogens with two attached hydrogens (primary N) is 1. The molecule has 7 heteroatoms. The standard InChI is InChI=1S/C23H26N2O4S/c1-14(2)29-18-5-3-4-16(10-18)17-11-19-21(15-6-8-30(27,28)9-7-15)13-25-22(19)20(12-17)23(24)26/h3-5,10-15,25H,6-9H2,1-2H3,(H2,24,26). The van der Waals surface area contributed by atoms with E-state index in [0.717, 1.165) is 27.8 Å². The lowest BCUT2D eigenvalue weighted by Crippen LogP contribution is -2.22. The first-order valence-corrected chi connectivity index (χ1v) is 12.0. The Kier molecular flexibility index (Phi) is 5.32. The number of primary amides is 1. The third-order valence-corrected chi connectivity index (χ3v) is 7.34. The maximum atomic E-state index is 12.2. The average molecular weight is 427 g/mol. The second kappa shape index (κ2) is 7.80. The monoisotopic (exact) mass is 426 g/mol. The van der Waals surface area contributed by atoms with Crippen molar-refractivity contribution in [2.24, 2.45) is 5.73 Å². The minimum atomic E-state index is -2.95. The quantitative estimate of drug-likeness (QED) is 0.643. The molecule has 1 fully saturated rings. The normalized spacial score (nSPS) is 16.8. The molecule has 0 bridgehead atoms. The fourth-order valence-electron chi connectivity index (χ4n) is 4.17. The highest BCUT2D eigenvalue weighted by Crippen LogP contribution is 2.37. The summed E-state index contributed by atoms with van der Waals surface area (Å²) in [6.45, 7) is 3.95. The molecule has 0 unspecified atom stereocenters. The zero-order valence-corrected chi connectivity index (χ0v) is 18.0. The lowest BCUT2D eigenvalue weighted by atomic mass is 9.91. The number of fused-ring (bicyclic) bond motifs is 1. The van der Waals surface area contributed by atoms with Gasteiger partial charge in [0.05, 0.1) is 28.7 Å². The number of hydrogen-bond acceptors (Lipinski definition) is 4. The van der Waals surface area contributed by atoms with Crippen LogP contribution in [0.1, 0.15) is 48.5 Å². The molecule has 3 N–H and O–H groups in total. The van der Waals surface area contributed by atoms with E-state index in [9.17, 15) is 13.2 Å². The summed E-state index contributed by atoms with van der Waals surface area (Å²) < 4.78 is 29.5. The molecule has 1 saturated heterocycles. The van der Waals surface area contributed by atoms with E-state index in [2.05, 4.69) is 4.98 Å². The summed E-state index contributed by atoms with van der Waals surface area (Å²) in [7, 11) is -2.95. The van der Waals surface area contributed by atoms with Gasteiger partial charge in [-0.05, 0) is 73.6 Å². The minimum Gasteiger partial charge on any atom is -0.491 e. The van der Waals surface area contributed by atoms with E-state index in [0.29, 0.717) is 23.9 Å². The summed E-state index contributed by atoms with van der Waals surface area (Å²) in [5.41, 5.74) is 9.64. The number of hydrogen-bond donors (Lipinski definition) is 2. The van der Waals surface area contributed by atoms with Gasteiger partial charge in [0.15, 0.2) is 0 Å². The van der Waals surface area contributed by atoms with Crippen molar-refractivity contribution >= 4 is 26.6 Å². The topological polar surface area (TPSA) is 102 Å². The van der Waals surface area contributed by atoms with Crippen molar-refractivity contribution in [2.75, 3.05) is 11.5 Å². The van der Waals surface area contributed by atoms with Gasteiger partial charge in [-0.2, -0.15) is 0 Å². The smallest absolute Gasteiger partial charge is 0.250 e. The van der Waals surface area contributed by atoms with E-state index in [4.69, 9.17) is 10.5 Å². The van der Waals surface area contributed by atoms with Gasteiger partial charge in [0.25, 0.3) is 5.91 Å². The largest absolute Gasteiger partial charge is 0.491 e. The van der Waals surface area contributed by atoms with E-state index in [-0.39, 0.29) is 23.5 Å². The number of rotatable bonds is 5. The lowest BCUT2D eigenvalue weighted by molar-refractivity contribution is 0.100. The fraction of sp³-hybridized carbons (Fsp3) is 0.348. The van der Waals surface area contributed by atoms with E-state index in [1.807, 2.05) is 50.4 Å². The average Bonchev–Trinajstić information content (AvgIpc) is 3.11. The van der Waals surface area contributed by atoms with Crippen LogP contribution in [0, 0.1) is 0 Å². The SMILES string of the molecule is CC(C)Oc1cccc(-c2cc(C(N)=O)c3[nH]cc(C4CCS(=O)(=O)CC4)c3c2)c1. The zero-order chi connectivity index (χ0) is 21.5. The maximum Gasteiger partial charge on any atom is 0.250 e. The van der Waals surface area contributed by atoms with Crippen LogP contribution in [-0.4, -0.2) is 36.9 Å². The number of ether oxygens (including phenoxy) is 1. The number of nitrogens with one attached hydrogen (secondary N) is 1. The molecule has 158 valence electrons. The third kappa shape index (κ3) is 4.07. The number of sulfone groups is 1. The molecule has 0 aliphatic carbocycles. The summed E-state index contributed by atoms with van der Waals surface area (Å²) in [5, 5.41) is 0.917. The van der Waals surface area contributed by atoms with Crippen molar-refractivity contribution in [1.29, 1.82) is 0 Å². The van der Waals surface area contributed by atoms with Gasteiger partial charge in [0, 0.05) is 11.6 Å². The van der Waals surface area contributed by atoms with Crippen molar-refractivity contribution < 1.29 is 17.9 Å². The molecule has 4 rings (SSSR count). The summed E-state index contributed by atoms with van der Waals surface area (Å²) in [5.74, 6) is 0.780. The molecule has 2 heterocycles. The van der Waals surface area contributed by atoms with E-state index < -0.39 is 15.7 Å². The van der Waals surface area contributed by atoms with E-state index in [1.165, 1.54) is 0 Å². The number of carbonyl (C=O) groups excluding carboxylic acids is 1. The van der Waals surface area contributed by atoms with Gasteiger partial charge in [-0.15, -0.1) is 0 Å². The molecule has 2 aromatic carbocycles. The van der Waals surface area contributed by atoms with Gasteiger partial charge in [0.2, 0.25) is 0 Å². The molecule has 0 radical (unpaired) electrons. The Labute approximate surface area is 176 Å². The van der Waals surface area contributed by atoms with Crippen LogP contribution in [0.15, 0.2) is 42.6 Å². The van der Waals surface area contributed by atoms with Crippen molar-refractivity contribution in [3.63, 3.8) is 0 Å². The second-order valence-electron chi connectivity index (χ2n) is 8.18. The van der Waals surface area contributed by atoms with Gasteiger partial charge in [-0.25, -0.2) is 8.42 Å². The number of H-pyrrole nitrogens is 1. The summed E-state index contributed by atoms with van der Waals surface area (Å²) >= 11 is 0. The van der Waals surface area contributed by atoms with Crippen LogP contribution in [0.25, 0.3) is 22.0 Å². The minimum absolute atomic E-state index is 0.0581. The highest BCUT2D eigenvalue weighted by molar-refractivity contribution is 7.91. The molecule has 1 aromatic heterocycles. The molecule has 0 spiro atoms. The zero-order valence-electron chi connectivity index (χ0n) is 17.1. The molecular formula is C23H26N2O4S. The van der Waals surface area contributed by atoms with Gasteiger partial charge >= 0.3 is 0 Å². The van der Waals surface area contributed by atoms with Crippen molar-refractivity contribution in [3.05, 3.63) is 53.7 Å². The molecule has 3 aromatic rings. The Morgan fingerprint density at radius 3 is 2.53 bits per heavy atom. The first kappa shape index (κ1) is 20.5. The lowest BCUT2D eigenvalue weighted by Gasteiger charge is -2.21. The Balaban J connectivity index is 1.81. The molecule has 6 nitrogen and oxygen atoms in total. The highest BCUT2D eigenvalue weighted by atomic mass is 32.2. The van der Waals surface area contributed by atoms with Crippen molar-refractivity contribution in [2.45, 2.75) is 38.7 Å². The second-order valence-corrected chi connectivity index (χ2v) is 10.5. The first-order chi connectivity index (χ1) is 14.2. The molecule has 1 aliphatic rings. The van der Waals surface area contributed by atoms with Crippen LogP contribution in [-0.2, 0) is 9.84 Å². The van der Waals surface area contributed by atoms with Crippen LogP contribution in [0.2, 0.25) is 0 Å².